The van der Waals surface area contributed by atoms with Gasteiger partial charge in [0.05, 0.1) is 5.39 Å². The normalized spacial score (nSPS) is 17.8. The van der Waals surface area contributed by atoms with E-state index in [-0.39, 0.29) is 5.60 Å². The number of anilines is 1. The van der Waals surface area contributed by atoms with Crippen LogP contribution in [0.1, 0.15) is 43.3 Å². The molecule has 5 heteroatoms. The second kappa shape index (κ2) is 5.30. The SMILES string of the molecule is CCNc1nc(C2(OC)CCCC2)nc2sc(C)cc12. The van der Waals surface area contributed by atoms with E-state index in [2.05, 4.69) is 25.2 Å². The lowest BCUT2D eigenvalue weighted by atomic mass is 10.0. The van der Waals surface area contributed by atoms with Gasteiger partial charge in [-0.3, -0.25) is 0 Å². The number of nitrogens with one attached hydrogen (secondary N) is 1. The van der Waals surface area contributed by atoms with Crippen LogP contribution in [0.3, 0.4) is 0 Å². The average molecular weight is 291 g/mol. The van der Waals surface area contributed by atoms with Crippen molar-refractivity contribution in [3.8, 4) is 0 Å². The number of hydrogen-bond acceptors (Lipinski definition) is 5. The van der Waals surface area contributed by atoms with Crippen molar-refractivity contribution in [2.75, 3.05) is 19.0 Å². The number of aryl methyl sites for hydroxylation is 1. The summed E-state index contributed by atoms with van der Waals surface area (Å²) in [6.45, 7) is 5.07. The number of fused-ring (bicyclic) bond motifs is 1. The second-order valence-electron chi connectivity index (χ2n) is 5.41. The Balaban J connectivity index is 2.15. The minimum atomic E-state index is -0.281. The first-order chi connectivity index (χ1) is 9.68. The van der Waals surface area contributed by atoms with E-state index in [1.807, 2.05) is 0 Å². The summed E-state index contributed by atoms with van der Waals surface area (Å²) in [6, 6.07) is 2.16. The Labute approximate surface area is 123 Å². The first-order valence-corrected chi connectivity index (χ1v) is 8.08. The number of methoxy groups -OCH3 is 1. The predicted molar refractivity (Wildman–Crippen MR) is 83.5 cm³/mol. The summed E-state index contributed by atoms with van der Waals surface area (Å²) in [5, 5.41) is 4.50. The smallest absolute Gasteiger partial charge is 0.164 e. The molecular weight excluding hydrogens is 270 g/mol. The van der Waals surface area contributed by atoms with Crippen molar-refractivity contribution in [1.29, 1.82) is 0 Å². The van der Waals surface area contributed by atoms with Crippen LogP contribution in [0.15, 0.2) is 6.07 Å². The van der Waals surface area contributed by atoms with Crippen LogP contribution in [-0.2, 0) is 10.3 Å². The first kappa shape index (κ1) is 13.8. The monoisotopic (exact) mass is 291 g/mol. The highest BCUT2D eigenvalue weighted by atomic mass is 32.1. The molecule has 3 rings (SSSR count). The van der Waals surface area contributed by atoms with E-state index in [0.717, 1.165) is 41.2 Å². The molecule has 1 N–H and O–H groups in total. The summed E-state index contributed by atoms with van der Waals surface area (Å²) in [6.07, 6.45) is 4.42. The third-order valence-electron chi connectivity index (χ3n) is 4.07. The minimum absolute atomic E-state index is 0.281. The van der Waals surface area contributed by atoms with Gasteiger partial charge >= 0.3 is 0 Å². The number of rotatable bonds is 4. The Morgan fingerprint density at radius 1 is 1.35 bits per heavy atom. The fourth-order valence-electron chi connectivity index (χ4n) is 3.01. The fraction of sp³-hybridized carbons (Fsp3) is 0.600. The molecule has 0 saturated heterocycles. The molecule has 108 valence electrons. The van der Waals surface area contributed by atoms with Gasteiger partial charge in [-0.2, -0.15) is 0 Å². The Morgan fingerprint density at radius 3 is 2.75 bits per heavy atom. The molecule has 2 aromatic rings. The van der Waals surface area contributed by atoms with Gasteiger partial charge in [0.1, 0.15) is 16.2 Å². The van der Waals surface area contributed by atoms with Crippen molar-refractivity contribution in [1.82, 2.24) is 9.97 Å². The van der Waals surface area contributed by atoms with Crippen molar-refractivity contribution in [2.45, 2.75) is 45.1 Å². The van der Waals surface area contributed by atoms with E-state index in [0.29, 0.717) is 0 Å². The third kappa shape index (κ3) is 2.19. The summed E-state index contributed by atoms with van der Waals surface area (Å²) in [5.74, 6) is 1.79. The quantitative estimate of drug-likeness (QED) is 0.929. The number of nitrogens with zero attached hydrogens (tertiary/aromatic N) is 2. The molecule has 4 nitrogen and oxygen atoms in total. The van der Waals surface area contributed by atoms with E-state index in [1.165, 1.54) is 17.7 Å². The average Bonchev–Trinajstić information content (AvgIpc) is 3.05. The Bertz CT molecular complexity index is 617. The molecule has 1 fully saturated rings. The van der Waals surface area contributed by atoms with E-state index < -0.39 is 0 Å². The van der Waals surface area contributed by atoms with Crippen LogP contribution in [0.4, 0.5) is 5.82 Å². The van der Waals surface area contributed by atoms with Crippen LogP contribution in [0, 0.1) is 6.92 Å². The van der Waals surface area contributed by atoms with Crippen LogP contribution in [-0.4, -0.2) is 23.6 Å². The summed E-state index contributed by atoms with van der Waals surface area (Å²) in [5.41, 5.74) is -0.281. The van der Waals surface area contributed by atoms with Gasteiger partial charge < -0.3 is 10.1 Å². The van der Waals surface area contributed by atoms with Crippen molar-refractivity contribution >= 4 is 27.4 Å². The molecule has 1 aliphatic carbocycles. The van der Waals surface area contributed by atoms with Gasteiger partial charge in [-0.1, -0.05) is 0 Å². The number of thiophene rings is 1. The van der Waals surface area contributed by atoms with Crippen molar-refractivity contribution in [3.05, 3.63) is 16.8 Å². The van der Waals surface area contributed by atoms with Gasteiger partial charge in [0, 0.05) is 18.5 Å². The van der Waals surface area contributed by atoms with E-state index in [4.69, 9.17) is 14.7 Å². The standard InChI is InChI=1S/C15H21N3OS/c1-4-16-12-11-9-10(2)20-13(11)18-14(17-12)15(19-3)7-5-6-8-15/h9H,4-8H2,1-3H3,(H,16,17,18). The molecule has 0 amide bonds. The Kier molecular flexibility index (Phi) is 3.65. The van der Waals surface area contributed by atoms with Gasteiger partial charge in [0.2, 0.25) is 0 Å². The largest absolute Gasteiger partial charge is 0.370 e. The van der Waals surface area contributed by atoms with Crippen LogP contribution in [0.2, 0.25) is 0 Å². The number of ether oxygens (including phenoxy) is 1. The molecule has 1 aliphatic rings. The predicted octanol–water partition coefficient (Wildman–Crippen LogP) is 3.85. The molecule has 0 bridgehead atoms. The summed E-state index contributed by atoms with van der Waals surface area (Å²) >= 11 is 1.73. The van der Waals surface area contributed by atoms with Gasteiger partial charge in [-0.15, -0.1) is 11.3 Å². The highest BCUT2D eigenvalue weighted by molar-refractivity contribution is 7.18. The maximum absolute atomic E-state index is 5.83. The number of aromatic nitrogens is 2. The molecule has 0 aromatic carbocycles. The van der Waals surface area contributed by atoms with Crippen LogP contribution in [0.25, 0.3) is 10.2 Å². The molecule has 0 aliphatic heterocycles. The first-order valence-electron chi connectivity index (χ1n) is 7.26. The molecule has 0 spiro atoms. The summed E-state index contributed by atoms with van der Waals surface area (Å²) < 4.78 is 5.83. The highest BCUT2D eigenvalue weighted by Crippen LogP contribution is 2.41. The lowest BCUT2D eigenvalue weighted by Gasteiger charge is -2.26. The molecule has 20 heavy (non-hydrogen) atoms. The lowest BCUT2D eigenvalue weighted by Crippen LogP contribution is -2.27. The summed E-state index contributed by atoms with van der Waals surface area (Å²) in [4.78, 5) is 11.9. The Hall–Kier alpha value is -1.20. The fourth-order valence-corrected chi connectivity index (χ4v) is 3.89. The Morgan fingerprint density at radius 2 is 2.10 bits per heavy atom. The van der Waals surface area contributed by atoms with Crippen LogP contribution < -0.4 is 5.32 Å². The topological polar surface area (TPSA) is 47.0 Å². The molecule has 2 aromatic heterocycles. The van der Waals surface area contributed by atoms with Gasteiger partial charge in [-0.05, 0) is 45.6 Å². The van der Waals surface area contributed by atoms with Gasteiger partial charge in [-0.25, -0.2) is 9.97 Å². The second-order valence-corrected chi connectivity index (χ2v) is 6.64. The molecule has 0 radical (unpaired) electrons. The van der Waals surface area contributed by atoms with Gasteiger partial charge in [0.15, 0.2) is 5.82 Å². The van der Waals surface area contributed by atoms with E-state index in [1.54, 1.807) is 18.4 Å². The van der Waals surface area contributed by atoms with Gasteiger partial charge in [0.25, 0.3) is 0 Å². The molecule has 0 unspecified atom stereocenters. The minimum Gasteiger partial charge on any atom is -0.370 e. The van der Waals surface area contributed by atoms with E-state index >= 15 is 0 Å². The highest BCUT2D eigenvalue weighted by Gasteiger charge is 2.39. The molecule has 2 heterocycles. The van der Waals surface area contributed by atoms with Crippen molar-refractivity contribution in [3.63, 3.8) is 0 Å². The van der Waals surface area contributed by atoms with Crippen molar-refractivity contribution < 1.29 is 4.74 Å². The lowest BCUT2D eigenvalue weighted by molar-refractivity contribution is -0.0158. The molecular formula is C15H21N3OS. The maximum atomic E-state index is 5.83. The zero-order valence-electron chi connectivity index (χ0n) is 12.3. The maximum Gasteiger partial charge on any atom is 0.164 e. The number of hydrogen-bond donors (Lipinski definition) is 1. The van der Waals surface area contributed by atoms with E-state index in [9.17, 15) is 0 Å². The summed E-state index contributed by atoms with van der Waals surface area (Å²) in [7, 11) is 1.78. The van der Waals surface area contributed by atoms with Crippen LogP contribution in [0.5, 0.6) is 0 Å². The zero-order chi connectivity index (χ0) is 14.2. The molecule has 1 saturated carbocycles. The van der Waals surface area contributed by atoms with Crippen LogP contribution >= 0.6 is 11.3 Å². The third-order valence-corrected chi connectivity index (χ3v) is 5.01. The van der Waals surface area contributed by atoms with Crippen molar-refractivity contribution in [2.24, 2.45) is 0 Å². The zero-order valence-corrected chi connectivity index (χ0v) is 13.1. The molecule has 0 atom stereocenters.